The van der Waals surface area contributed by atoms with E-state index in [-0.39, 0.29) is 18.1 Å². The van der Waals surface area contributed by atoms with Crippen molar-refractivity contribution >= 4 is 5.91 Å². The van der Waals surface area contributed by atoms with Crippen molar-refractivity contribution in [3.63, 3.8) is 0 Å². The number of likely N-dealkylation sites (N-methyl/N-ethyl adjacent to an activating group) is 1. The van der Waals surface area contributed by atoms with Crippen LogP contribution in [0.1, 0.15) is 27.2 Å². The smallest absolute Gasteiger partial charge is 0.248 e. The van der Waals surface area contributed by atoms with Gasteiger partial charge in [-0.2, -0.15) is 0 Å². The molecule has 0 aliphatic heterocycles. The average molecular weight is 217 g/mol. The second-order valence-corrected chi connectivity index (χ2v) is 4.56. The minimum Gasteiger partial charge on any atom is -0.385 e. The number of carbonyl (C=O) groups is 1. The molecule has 0 heterocycles. The summed E-state index contributed by atoms with van der Waals surface area (Å²) in [6.45, 7) is 7.34. The van der Waals surface area contributed by atoms with Crippen LogP contribution in [0.5, 0.6) is 0 Å². The Kier molecular flexibility index (Phi) is 6.52. The normalized spacial score (nSPS) is 11.5. The SMILES string of the molecule is COCCCN(C)C(=O)COC(C)(C)C. The lowest BCUT2D eigenvalue weighted by Gasteiger charge is -2.22. The maximum atomic E-state index is 11.5. The first kappa shape index (κ1) is 14.4. The highest BCUT2D eigenvalue weighted by molar-refractivity contribution is 5.77. The zero-order chi connectivity index (χ0) is 11.9. The van der Waals surface area contributed by atoms with Crippen molar-refractivity contribution in [2.24, 2.45) is 0 Å². The van der Waals surface area contributed by atoms with Gasteiger partial charge in [-0.1, -0.05) is 0 Å². The van der Waals surface area contributed by atoms with Crippen LogP contribution in [0.25, 0.3) is 0 Å². The van der Waals surface area contributed by atoms with Gasteiger partial charge in [0, 0.05) is 27.3 Å². The lowest BCUT2D eigenvalue weighted by Crippen LogP contribution is -2.34. The minimum absolute atomic E-state index is 0.0148. The van der Waals surface area contributed by atoms with Gasteiger partial charge in [0.15, 0.2) is 0 Å². The number of hydrogen-bond donors (Lipinski definition) is 0. The number of carbonyl (C=O) groups excluding carboxylic acids is 1. The maximum Gasteiger partial charge on any atom is 0.248 e. The molecule has 0 aliphatic rings. The monoisotopic (exact) mass is 217 g/mol. The van der Waals surface area contributed by atoms with Gasteiger partial charge in [0.25, 0.3) is 0 Å². The molecule has 0 rings (SSSR count). The predicted molar refractivity (Wildman–Crippen MR) is 59.8 cm³/mol. The molecule has 0 aliphatic carbocycles. The second kappa shape index (κ2) is 6.80. The molecule has 0 radical (unpaired) electrons. The van der Waals surface area contributed by atoms with Gasteiger partial charge < -0.3 is 14.4 Å². The maximum absolute atomic E-state index is 11.5. The van der Waals surface area contributed by atoms with Gasteiger partial charge >= 0.3 is 0 Å². The van der Waals surface area contributed by atoms with Gasteiger partial charge in [-0.15, -0.1) is 0 Å². The van der Waals surface area contributed by atoms with E-state index >= 15 is 0 Å². The van der Waals surface area contributed by atoms with Crippen molar-refractivity contribution < 1.29 is 14.3 Å². The Hall–Kier alpha value is -0.610. The average Bonchev–Trinajstić information content (AvgIpc) is 2.13. The molecule has 0 aromatic carbocycles. The van der Waals surface area contributed by atoms with Crippen molar-refractivity contribution in [2.75, 3.05) is 33.9 Å². The number of ether oxygens (including phenoxy) is 2. The zero-order valence-corrected chi connectivity index (χ0v) is 10.5. The summed E-state index contributed by atoms with van der Waals surface area (Å²) in [6, 6.07) is 0. The summed E-state index contributed by atoms with van der Waals surface area (Å²) in [5, 5.41) is 0. The van der Waals surface area contributed by atoms with Crippen molar-refractivity contribution in [3.8, 4) is 0 Å². The lowest BCUT2D eigenvalue weighted by molar-refractivity contribution is -0.139. The quantitative estimate of drug-likeness (QED) is 0.629. The van der Waals surface area contributed by atoms with Gasteiger partial charge in [0.2, 0.25) is 5.91 Å². The number of nitrogens with zero attached hydrogens (tertiary/aromatic N) is 1. The van der Waals surface area contributed by atoms with Gasteiger partial charge in [0.1, 0.15) is 6.61 Å². The van der Waals surface area contributed by atoms with Crippen LogP contribution >= 0.6 is 0 Å². The molecular formula is C11H23NO3. The van der Waals surface area contributed by atoms with E-state index in [2.05, 4.69) is 0 Å². The topological polar surface area (TPSA) is 38.8 Å². The first-order chi connectivity index (χ1) is 6.87. The molecule has 0 fully saturated rings. The van der Waals surface area contributed by atoms with E-state index in [4.69, 9.17) is 9.47 Å². The van der Waals surface area contributed by atoms with Gasteiger partial charge in [0.05, 0.1) is 5.60 Å². The molecule has 90 valence electrons. The van der Waals surface area contributed by atoms with Crippen LogP contribution in [-0.4, -0.2) is 50.3 Å². The van der Waals surface area contributed by atoms with Gasteiger partial charge in [-0.05, 0) is 27.2 Å². The van der Waals surface area contributed by atoms with Crippen LogP contribution in [0.2, 0.25) is 0 Å². The molecular weight excluding hydrogens is 194 g/mol. The first-order valence-corrected chi connectivity index (χ1v) is 5.23. The van der Waals surface area contributed by atoms with Crippen LogP contribution in [0, 0.1) is 0 Å². The van der Waals surface area contributed by atoms with E-state index < -0.39 is 0 Å². The van der Waals surface area contributed by atoms with Crippen LogP contribution in [0.15, 0.2) is 0 Å². The highest BCUT2D eigenvalue weighted by Gasteiger charge is 2.15. The third-order valence-electron chi connectivity index (χ3n) is 1.90. The highest BCUT2D eigenvalue weighted by Crippen LogP contribution is 2.06. The van der Waals surface area contributed by atoms with Gasteiger partial charge in [-0.25, -0.2) is 0 Å². The fourth-order valence-electron chi connectivity index (χ4n) is 0.959. The fraction of sp³-hybridized carbons (Fsp3) is 0.909. The molecule has 15 heavy (non-hydrogen) atoms. The molecule has 4 heteroatoms. The van der Waals surface area contributed by atoms with E-state index in [1.54, 1.807) is 19.1 Å². The Labute approximate surface area is 92.5 Å². The standard InChI is InChI=1S/C11H23NO3/c1-11(2,3)15-9-10(13)12(4)7-6-8-14-5/h6-9H2,1-5H3. The number of hydrogen-bond acceptors (Lipinski definition) is 3. The third kappa shape index (κ3) is 8.39. The summed E-state index contributed by atoms with van der Waals surface area (Å²) in [4.78, 5) is 13.2. The molecule has 1 amide bonds. The molecule has 0 saturated heterocycles. The number of amides is 1. The van der Waals surface area contributed by atoms with E-state index in [0.717, 1.165) is 6.42 Å². The lowest BCUT2D eigenvalue weighted by atomic mass is 10.2. The molecule has 0 unspecified atom stereocenters. The first-order valence-electron chi connectivity index (χ1n) is 5.23. The van der Waals surface area contributed by atoms with Crippen LogP contribution < -0.4 is 0 Å². The third-order valence-corrected chi connectivity index (χ3v) is 1.90. The molecule has 0 aromatic rings. The summed E-state index contributed by atoms with van der Waals surface area (Å²) < 4.78 is 10.3. The minimum atomic E-state index is -0.261. The van der Waals surface area contributed by atoms with E-state index in [1.165, 1.54) is 0 Å². The summed E-state index contributed by atoms with van der Waals surface area (Å²) >= 11 is 0. The molecule has 0 spiro atoms. The Morgan fingerprint density at radius 3 is 2.40 bits per heavy atom. The Morgan fingerprint density at radius 2 is 1.93 bits per heavy atom. The zero-order valence-electron chi connectivity index (χ0n) is 10.5. The van der Waals surface area contributed by atoms with Crippen LogP contribution in [0.3, 0.4) is 0 Å². The highest BCUT2D eigenvalue weighted by atomic mass is 16.5. The largest absolute Gasteiger partial charge is 0.385 e. The van der Waals surface area contributed by atoms with Crippen molar-refractivity contribution in [3.05, 3.63) is 0 Å². The second-order valence-electron chi connectivity index (χ2n) is 4.56. The summed E-state index contributed by atoms with van der Waals surface area (Å²) in [5.41, 5.74) is -0.261. The Balaban J connectivity index is 3.70. The number of rotatable bonds is 6. The molecule has 0 atom stereocenters. The van der Waals surface area contributed by atoms with Crippen LogP contribution in [-0.2, 0) is 14.3 Å². The molecule has 0 N–H and O–H groups in total. The van der Waals surface area contributed by atoms with Gasteiger partial charge in [-0.3, -0.25) is 4.79 Å². The molecule has 0 aromatic heterocycles. The molecule has 0 saturated carbocycles. The van der Waals surface area contributed by atoms with Crippen LogP contribution in [0.4, 0.5) is 0 Å². The Morgan fingerprint density at radius 1 is 1.33 bits per heavy atom. The summed E-state index contributed by atoms with van der Waals surface area (Å²) in [5.74, 6) is 0.0148. The van der Waals surface area contributed by atoms with E-state index in [9.17, 15) is 4.79 Å². The van der Waals surface area contributed by atoms with Crippen molar-refractivity contribution in [2.45, 2.75) is 32.8 Å². The van der Waals surface area contributed by atoms with E-state index in [0.29, 0.717) is 13.2 Å². The predicted octanol–water partition coefficient (Wildman–Crippen LogP) is 1.30. The van der Waals surface area contributed by atoms with E-state index in [1.807, 2.05) is 20.8 Å². The van der Waals surface area contributed by atoms with Crippen molar-refractivity contribution in [1.29, 1.82) is 0 Å². The van der Waals surface area contributed by atoms with Crippen molar-refractivity contribution in [1.82, 2.24) is 4.90 Å². The molecule has 0 bridgehead atoms. The number of methoxy groups -OCH3 is 1. The fourth-order valence-corrected chi connectivity index (χ4v) is 0.959. The summed E-state index contributed by atoms with van der Waals surface area (Å²) in [7, 11) is 3.44. The summed E-state index contributed by atoms with van der Waals surface area (Å²) in [6.07, 6.45) is 0.855. The molecule has 4 nitrogen and oxygen atoms in total. The Bertz CT molecular complexity index is 187.